The van der Waals surface area contributed by atoms with Gasteiger partial charge >= 0.3 is 0 Å². The number of nitrogens with zero attached hydrogens (tertiary/aromatic N) is 2. The summed E-state index contributed by atoms with van der Waals surface area (Å²) in [6.45, 7) is 12.1. The molecule has 1 aromatic heterocycles. The number of aryl methyl sites for hydroxylation is 1. The molecule has 0 saturated heterocycles. The zero-order valence-corrected chi connectivity index (χ0v) is 19.6. The highest BCUT2D eigenvalue weighted by Crippen LogP contribution is 2.52. The van der Waals surface area contributed by atoms with Crippen molar-refractivity contribution in [3.63, 3.8) is 0 Å². The van der Waals surface area contributed by atoms with E-state index in [9.17, 15) is 9.59 Å². The second-order valence-corrected chi connectivity index (χ2v) is 9.52. The van der Waals surface area contributed by atoms with Crippen LogP contribution in [0.1, 0.15) is 43.2 Å². The molecular weight excluding hydrogens is 410 g/mol. The number of benzene rings is 2. The molecule has 1 unspecified atom stereocenters. The fourth-order valence-electron chi connectivity index (χ4n) is 4.35. The molecule has 168 valence electrons. The zero-order valence-electron chi connectivity index (χ0n) is 19.6. The maximum Gasteiger partial charge on any atom is 0.257 e. The average Bonchev–Trinajstić information content (AvgIpc) is 3.05. The van der Waals surface area contributed by atoms with Crippen LogP contribution in [-0.4, -0.2) is 22.3 Å². The molecule has 2 aromatic carbocycles. The molecule has 2 heterocycles. The molecular formula is C28H29N3O2. The summed E-state index contributed by atoms with van der Waals surface area (Å²) < 4.78 is 0. The van der Waals surface area contributed by atoms with Gasteiger partial charge in [-0.1, -0.05) is 60.7 Å². The fourth-order valence-corrected chi connectivity index (χ4v) is 4.35. The van der Waals surface area contributed by atoms with E-state index in [4.69, 9.17) is 0 Å². The average molecular weight is 440 g/mol. The van der Waals surface area contributed by atoms with Crippen molar-refractivity contribution in [1.29, 1.82) is 0 Å². The van der Waals surface area contributed by atoms with Crippen LogP contribution in [0.4, 0.5) is 5.69 Å². The van der Waals surface area contributed by atoms with Gasteiger partial charge in [0.15, 0.2) is 5.54 Å². The van der Waals surface area contributed by atoms with E-state index in [2.05, 4.69) is 16.9 Å². The van der Waals surface area contributed by atoms with Crippen LogP contribution < -0.4 is 10.2 Å². The van der Waals surface area contributed by atoms with E-state index < -0.39 is 11.1 Å². The Hall–Kier alpha value is -3.73. The molecule has 1 atom stereocenters. The Kier molecular flexibility index (Phi) is 5.66. The van der Waals surface area contributed by atoms with Gasteiger partial charge in [-0.05, 0) is 57.0 Å². The van der Waals surface area contributed by atoms with Crippen molar-refractivity contribution in [2.24, 2.45) is 0 Å². The van der Waals surface area contributed by atoms with Gasteiger partial charge in [-0.15, -0.1) is 0 Å². The lowest BCUT2D eigenvalue weighted by Crippen LogP contribution is -2.60. The maximum atomic E-state index is 14.1. The maximum absolute atomic E-state index is 14.1. The van der Waals surface area contributed by atoms with Gasteiger partial charge in [0, 0.05) is 17.3 Å². The molecule has 2 amide bonds. The van der Waals surface area contributed by atoms with Crippen molar-refractivity contribution in [3.05, 3.63) is 102 Å². The Morgan fingerprint density at radius 2 is 1.67 bits per heavy atom. The Labute approximate surface area is 195 Å². The number of fused-ring (bicyclic) bond motifs is 1. The van der Waals surface area contributed by atoms with Crippen molar-refractivity contribution >= 4 is 23.1 Å². The minimum Gasteiger partial charge on any atom is -0.349 e. The third-order valence-electron chi connectivity index (χ3n) is 5.82. The van der Waals surface area contributed by atoms with Crippen LogP contribution in [0, 0.1) is 6.92 Å². The first kappa shape index (κ1) is 22.5. The second kappa shape index (κ2) is 8.32. The van der Waals surface area contributed by atoms with Crippen LogP contribution in [0.25, 0.3) is 5.57 Å². The van der Waals surface area contributed by atoms with Gasteiger partial charge in [0.2, 0.25) is 5.91 Å². The van der Waals surface area contributed by atoms with Crippen LogP contribution >= 0.6 is 0 Å². The lowest BCUT2D eigenvalue weighted by atomic mass is 9.83. The van der Waals surface area contributed by atoms with Gasteiger partial charge in [0.1, 0.15) is 0 Å². The first-order valence-electron chi connectivity index (χ1n) is 11.1. The molecule has 1 aliphatic heterocycles. The number of para-hydroxylation sites is 1. The van der Waals surface area contributed by atoms with Gasteiger partial charge in [-0.2, -0.15) is 0 Å². The van der Waals surface area contributed by atoms with Crippen LogP contribution in [0.15, 0.2) is 79.5 Å². The largest absolute Gasteiger partial charge is 0.349 e. The molecule has 1 N–H and O–H groups in total. The Morgan fingerprint density at radius 1 is 1.00 bits per heavy atom. The molecule has 33 heavy (non-hydrogen) atoms. The number of rotatable bonds is 4. The van der Waals surface area contributed by atoms with E-state index in [1.807, 2.05) is 82.3 Å². The monoisotopic (exact) mass is 439 g/mol. The molecule has 0 spiro atoms. The Balaban J connectivity index is 1.92. The standard InChI is InChI=1S/C28H29N3O2/c1-19-13-15-21(16-14-19)18-25(32)31-23-11-7-6-10-22(23)20(2)28(31,24-12-8-9-17-29-24)26(33)30-27(3,4)5/h6-17H,2,18H2,1,3-5H3,(H,30,33). The molecule has 5 nitrogen and oxygen atoms in total. The van der Waals surface area contributed by atoms with Gasteiger partial charge < -0.3 is 5.32 Å². The van der Waals surface area contributed by atoms with Crippen LogP contribution in [-0.2, 0) is 21.5 Å². The summed E-state index contributed by atoms with van der Waals surface area (Å²) >= 11 is 0. The molecule has 1 aliphatic rings. The van der Waals surface area contributed by atoms with Crippen LogP contribution in [0.3, 0.4) is 0 Å². The highest BCUT2D eigenvalue weighted by atomic mass is 16.2. The minimum absolute atomic E-state index is 0.152. The number of hydrogen-bond donors (Lipinski definition) is 1. The summed E-state index contributed by atoms with van der Waals surface area (Å²) in [5, 5.41) is 3.09. The lowest BCUT2D eigenvalue weighted by Gasteiger charge is -2.39. The molecule has 5 heteroatoms. The van der Waals surface area contributed by atoms with Gasteiger partial charge in [-0.25, -0.2) is 0 Å². The number of amides is 2. The number of carbonyl (C=O) groups excluding carboxylic acids is 2. The number of aromatic nitrogens is 1. The molecule has 0 saturated carbocycles. The predicted octanol–water partition coefficient (Wildman–Crippen LogP) is 4.80. The molecule has 0 fully saturated rings. The van der Waals surface area contributed by atoms with Crippen molar-refractivity contribution in [2.75, 3.05) is 4.90 Å². The smallest absolute Gasteiger partial charge is 0.257 e. The summed E-state index contributed by atoms with van der Waals surface area (Å²) in [5.74, 6) is -0.521. The van der Waals surface area contributed by atoms with E-state index >= 15 is 0 Å². The Morgan fingerprint density at radius 3 is 2.30 bits per heavy atom. The minimum atomic E-state index is -1.49. The van der Waals surface area contributed by atoms with Crippen LogP contribution in [0.2, 0.25) is 0 Å². The second-order valence-electron chi connectivity index (χ2n) is 9.52. The molecule has 0 bridgehead atoms. The SMILES string of the molecule is C=C1c2ccccc2N(C(=O)Cc2ccc(C)cc2)C1(C(=O)NC(C)(C)C)c1ccccn1. The number of hydrogen-bond acceptors (Lipinski definition) is 3. The Bertz CT molecular complexity index is 1210. The zero-order chi connectivity index (χ0) is 23.8. The third kappa shape index (κ3) is 3.95. The number of nitrogens with one attached hydrogen (secondary N) is 1. The van der Waals surface area contributed by atoms with E-state index in [-0.39, 0.29) is 18.2 Å². The topological polar surface area (TPSA) is 62.3 Å². The summed E-state index contributed by atoms with van der Waals surface area (Å²) in [4.78, 5) is 34.2. The summed E-state index contributed by atoms with van der Waals surface area (Å²) in [6.07, 6.45) is 1.79. The molecule has 0 aliphatic carbocycles. The van der Waals surface area contributed by atoms with Gasteiger partial charge in [0.25, 0.3) is 5.91 Å². The predicted molar refractivity (Wildman–Crippen MR) is 132 cm³/mol. The summed E-state index contributed by atoms with van der Waals surface area (Å²) in [6, 6.07) is 20.8. The third-order valence-corrected chi connectivity index (χ3v) is 5.82. The highest BCUT2D eigenvalue weighted by Gasteiger charge is 2.57. The van der Waals surface area contributed by atoms with Crippen molar-refractivity contribution in [3.8, 4) is 0 Å². The van der Waals surface area contributed by atoms with E-state index in [1.165, 1.54) is 0 Å². The number of carbonyl (C=O) groups is 2. The van der Waals surface area contributed by atoms with Crippen molar-refractivity contribution < 1.29 is 9.59 Å². The van der Waals surface area contributed by atoms with Gasteiger partial charge in [0.05, 0.1) is 17.8 Å². The van der Waals surface area contributed by atoms with Crippen molar-refractivity contribution in [1.82, 2.24) is 10.3 Å². The fraction of sp³-hybridized carbons (Fsp3) is 0.250. The first-order chi connectivity index (χ1) is 15.6. The quantitative estimate of drug-likeness (QED) is 0.635. The van der Waals surface area contributed by atoms with E-state index in [0.29, 0.717) is 17.0 Å². The van der Waals surface area contributed by atoms with Crippen LogP contribution in [0.5, 0.6) is 0 Å². The van der Waals surface area contributed by atoms with Gasteiger partial charge in [-0.3, -0.25) is 19.5 Å². The number of anilines is 1. The van der Waals surface area contributed by atoms with E-state index in [1.54, 1.807) is 23.2 Å². The lowest BCUT2D eigenvalue weighted by molar-refractivity contribution is -0.129. The normalized spacial score (nSPS) is 17.6. The molecule has 4 rings (SSSR count). The summed E-state index contributed by atoms with van der Waals surface area (Å²) in [7, 11) is 0. The highest BCUT2D eigenvalue weighted by molar-refractivity contribution is 6.18. The summed E-state index contributed by atoms with van der Waals surface area (Å²) in [5.41, 5.74) is 2.43. The first-order valence-corrected chi connectivity index (χ1v) is 11.1. The molecule has 0 radical (unpaired) electrons. The molecule has 3 aromatic rings. The van der Waals surface area contributed by atoms with Crippen molar-refractivity contribution in [2.45, 2.75) is 45.2 Å². The van der Waals surface area contributed by atoms with E-state index in [0.717, 1.165) is 16.7 Å². The number of pyridine rings is 1.